The Bertz CT molecular complexity index is 830. The minimum Gasteiger partial charge on any atom is -0.272 e. The van der Waals surface area contributed by atoms with Crippen molar-refractivity contribution >= 4 is 31.3 Å². The summed E-state index contributed by atoms with van der Waals surface area (Å²) in [6, 6.07) is 9.35. The number of rotatable bonds is 7. The Balaban J connectivity index is 1.99. The van der Waals surface area contributed by atoms with E-state index in [0.29, 0.717) is 13.0 Å². The summed E-state index contributed by atoms with van der Waals surface area (Å²) in [7, 11) is -7.17. The van der Waals surface area contributed by atoms with E-state index in [1.54, 1.807) is 0 Å². The molecule has 0 saturated heterocycles. The lowest BCUT2D eigenvalue weighted by Crippen LogP contribution is -2.32. The van der Waals surface area contributed by atoms with Crippen molar-refractivity contribution in [2.24, 2.45) is 5.10 Å². The molecule has 0 atom stereocenters. The Hall–Kier alpha value is -1.74. The van der Waals surface area contributed by atoms with Gasteiger partial charge in [-0.3, -0.25) is 4.79 Å². The van der Waals surface area contributed by atoms with Gasteiger partial charge in [0.25, 0.3) is 5.91 Å². The van der Waals surface area contributed by atoms with Gasteiger partial charge in [-0.25, -0.2) is 21.8 Å². The maximum atomic E-state index is 12.1. The monoisotopic (exact) mass is 372 g/mol. The minimum absolute atomic E-state index is 0.118. The normalized spacial score (nSPS) is 15.4. The molecule has 1 aromatic rings. The molecule has 2 rings (SSSR count). The van der Waals surface area contributed by atoms with Crippen molar-refractivity contribution in [3.63, 3.8) is 0 Å². The average Bonchev–Trinajstić information content (AvgIpc) is 3.04. The molecule has 132 valence electrons. The molecule has 0 N–H and O–H groups in total. The third-order valence-corrected chi connectivity index (χ3v) is 7.16. The summed E-state index contributed by atoms with van der Waals surface area (Å²) in [6.07, 6.45) is 0.556. The summed E-state index contributed by atoms with van der Waals surface area (Å²) < 4.78 is 46.7. The van der Waals surface area contributed by atoms with Gasteiger partial charge in [0.05, 0.1) is 23.8 Å². The van der Waals surface area contributed by atoms with E-state index >= 15 is 0 Å². The smallest absolute Gasteiger partial charge is 0.257 e. The Morgan fingerprint density at radius 1 is 1.08 bits per heavy atom. The topological polar surface area (TPSA) is 101 Å². The zero-order valence-electron chi connectivity index (χ0n) is 13.4. The Morgan fingerprint density at radius 3 is 2.33 bits per heavy atom. The Morgan fingerprint density at radius 2 is 1.71 bits per heavy atom. The van der Waals surface area contributed by atoms with Crippen LogP contribution in [-0.4, -0.2) is 63.0 Å². The molecular weight excluding hydrogens is 352 g/mol. The van der Waals surface area contributed by atoms with Crippen molar-refractivity contribution in [1.29, 1.82) is 0 Å². The van der Waals surface area contributed by atoms with Crippen LogP contribution in [0, 0.1) is 0 Å². The molecule has 0 fully saturated rings. The summed E-state index contributed by atoms with van der Waals surface area (Å²) in [6.45, 7) is 1.78. The standard InChI is InChI=1S/C15H20N2O5S2/c1-2-23(19,20)10-11-24(21,22)12-15(18)17-9-8-14(16-17)13-6-4-3-5-7-13/h3-7H,2,8-12H2,1H3. The van der Waals surface area contributed by atoms with Crippen LogP contribution in [0.25, 0.3) is 0 Å². The van der Waals surface area contributed by atoms with Gasteiger partial charge in [-0.1, -0.05) is 37.3 Å². The van der Waals surface area contributed by atoms with Gasteiger partial charge in [0, 0.05) is 12.2 Å². The van der Waals surface area contributed by atoms with E-state index in [1.807, 2.05) is 30.3 Å². The van der Waals surface area contributed by atoms with Gasteiger partial charge in [-0.15, -0.1) is 0 Å². The fourth-order valence-electron chi connectivity index (χ4n) is 2.20. The fourth-order valence-corrected chi connectivity index (χ4v) is 5.19. The summed E-state index contributed by atoms with van der Waals surface area (Å²) in [4.78, 5) is 12.1. The van der Waals surface area contributed by atoms with Crippen molar-refractivity contribution in [2.75, 3.05) is 29.6 Å². The predicted octanol–water partition coefficient (Wildman–Crippen LogP) is 0.473. The zero-order valence-corrected chi connectivity index (χ0v) is 15.0. The van der Waals surface area contributed by atoms with Gasteiger partial charge in [0.1, 0.15) is 5.75 Å². The molecule has 9 heteroatoms. The largest absolute Gasteiger partial charge is 0.272 e. The number of hydrogen-bond acceptors (Lipinski definition) is 6. The van der Waals surface area contributed by atoms with Crippen LogP contribution in [0.2, 0.25) is 0 Å². The summed E-state index contributed by atoms with van der Waals surface area (Å²) in [5, 5.41) is 5.33. The summed E-state index contributed by atoms with van der Waals surface area (Å²) >= 11 is 0. The van der Waals surface area contributed by atoms with E-state index < -0.39 is 42.8 Å². The van der Waals surface area contributed by atoms with Crippen LogP contribution in [0.15, 0.2) is 35.4 Å². The second-order valence-electron chi connectivity index (χ2n) is 5.51. The number of hydrazone groups is 1. The van der Waals surface area contributed by atoms with E-state index in [0.717, 1.165) is 16.3 Å². The highest BCUT2D eigenvalue weighted by molar-refractivity contribution is 7.95. The molecule has 1 heterocycles. The van der Waals surface area contributed by atoms with Gasteiger partial charge in [-0.2, -0.15) is 5.10 Å². The van der Waals surface area contributed by atoms with Crippen LogP contribution in [0.3, 0.4) is 0 Å². The number of sulfone groups is 2. The maximum Gasteiger partial charge on any atom is 0.257 e. The van der Waals surface area contributed by atoms with Crippen LogP contribution in [0.4, 0.5) is 0 Å². The van der Waals surface area contributed by atoms with E-state index in [1.165, 1.54) is 6.92 Å². The molecular formula is C15H20N2O5S2. The number of carbonyl (C=O) groups excluding carboxylic acids is 1. The van der Waals surface area contributed by atoms with Crippen molar-refractivity contribution < 1.29 is 21.6 Å². The van der Waals surface area contributed by atoms with Gasteiger partial charge in [-0.05, 0) is 5.56 Å². The van der Waals surface area contributed by atoms with Gasteiger partial charge in [0.15, 0.2) is 19.7 Å². The van der Waals surface area contributed by atoms with E-state index in [9.17, 15) is 21.6 Å². The van der Waals surface area contributed by atoms with Gasteiger partial charge < -0.3 is 0 Å². The first kappa shape index (κ1) is 18.6. The number of hydrogen-bond donors (Lipinski definition) is 0. The third-order valence-electron chi connectivity index (χ3n) is 3.69. The first-order chi connectivity index (χ1) is 11.2. The summed E-state index contributed by atoms with van der Waals surface area (Å²) in [5.74, 6) is -2.48. The van der Waals surface area contributed by atoms with E-state index in [4.69, 9.17) is 0 Å². The molecule has 0 radical (unpaired) electrons. The fraction of sp³-hybridized carbons (Fsp3) is 0.467. The highest BCUT2D eigenvalue weighted by Gasteiger charge is 2.27. The minimum atomic E-state index is -3.78. The average molecular weight is 372 g/mol. The predicted molar refractivity (Wildman–Crippen MR) is 92.3 cm³/mol. The molecule has 24 heavy (non-hydrogen) atoms. The first-order valence-electron chi connectivity index (χ1n) is 7.56. The van der Waals surface area contributed by atoms with Crippen molar-refractivity contribution in [2.45, 2.75) is 13.3 Å². The van der Waals surface area contributed by atoms with Crippen LogP contribution >= 0.6 is 0 Å². The number of benzene rings is 1. The van der Waals surface area contributed by atoms with Crippen LogP contribution in [0.1, 0.15) is 18.9 Å². The van der Waals surface area contributed by atoms with Crippen LogP contribution in [0.5, 0.6) is 0 Å². The highest BCUT2D eigenvalue weighted by Crippen LogP contribution is 2.14. The molecule has 0 saturated carbocycles. The third kappa shape index (κ3) is 5.13. The molecule has 1 aromatic carbocycles. The van der Waals surface area contributed by atoms with Crippen LogP contribution < -0.4 is 0 Å². The SMILES string of the molecule is CCS(=O)(=O)CCS(=O)(=O)CC(=O)N1CCC(c2ccccc2)=N1. The van der Waals surface area contributed by atoms with Crippen molar-refractivity contribution in [3.8, 4) is 0 Å². The quantitative estimate of drug-likeness (QED) is 0.693. The lowest BCUT2D eigenvalue weighted by molar-refractivity contribution is -0.127. The molecule has 0 unspecified atom stereocenters. The van der Waals surface area contributed by atoms with E-state index in [-0.39, 0.29) is 5.75 Å². The summed E-state index contributed by atoms with van der Waals surface area (Å²) in [5.41, 5.74) is 1.62. The van der Waals surface area contributed by atoms with Crippen LogP contribution in [-0.2, 0) is 24.5 Å². The Kier molecular flexibility index (Phi) is 5.76. The molecule has 0 spiro atoms. The second-order valence-corrected chi connectivity index (χ2v) is 10.2. The van der Waals surface area contributed by atoms with Gasteiger partial charge >= 0.3 is 0 Å². The van der Waals surface area contributed by atoms with Crippen molar-refractivity contribution in [1.82, 2.24) is 5.01 Å². The molecule has 0 bridgehead atoms. The molecule has 1 aliphatic rings. The lowest BCUT2D eigenvalue weighted by atomic mass is 10.1. The molecule has 1 aliphatic heterocycles. The lowest BCUT2D eigenvalue weighted by Gasteiger charge is -2.11. The van der Waals surface area contributed by atoms with Crippen molar-refractivity contribution in [3.05, 3.63) is 35.9 Å². The number of carbonyl (C=O) groups is 1. The van der Waals surface area contributed by atoms with E-state index in [2.05, 4.69) is 5.10 Å². The number of amides is 1. The highest BCUT2D eigenvalue weighted by atomic mass is 32.2. The first-order valence-corrected chi connectivity index (χ1v) is 11.2. The maximum absolute atomic E-state index is 12.1. The molecule has 0 aliphatic carbocycles. The Labute approximate surface area is 142 Å². The molecule has 0 aromatic heterocycles. The molecule has 7 nitrogen and oxygen atoms in total. The van der Waals surface area contributed by atoms with Gasteiger partial charge in [0.2, 0.25) is 0 Å². The number of nitrogens with zero attached hydrogens (tertiary/aromatic N) is 2. The molecule has 1 amide bonds. The second kappa shape index (κ2) is 7.43. The zero-order chi connectivity index (χ0) is 17.8.